The minimum Gasteiger partial charge on any atom is -0.356 e. The molecular weight excluding hydrogens is 412 g/mol. The molecule has 5 rings (SSSR count). The Labute approximate surface area is 193 Å². The van der Waals surface area contributed by atoms with Crippen molar-refractivity contribution < 1.29 is 0 Å². The number of anilines is 1. The summed E-state index contributed by atoms with van der Waals surface area (Å²) >= 11 is 0. The summed E-state index contributed by atoms with van der Waals surface area (Å²) in [5.74, 6) is 2.36. The van der Waals surface area contributed by atoms with Crippen molar-refractivity contribution in [3.63, 3.8) is 0 Å². The Hall–Kier alpha value is -3.87. The number of aryl methyl sites for hydroxylation is 1. The van der Waals surface area contributed by atoms with Crippen molar-refractivity contribution in [2.75, 3.05) is 24.5 Å². The highest BCUT2D eigenvalue weighted by Gasteiger charge is 2.25. The van der Waals surface area contributed by atoms with Crippen LogP contribution in [0.1, 0.15) is 18.4 Å². The number of nitrogens with one attached hydrogen (secondary N) is 2. The van der Waals surface area contributed by atoms with E-state index in [1.165, 1.54) is 5.56 Å². The minimum absolute atomic E-state index is 0.0205. The fourth-order valence-electron chi connectivity index (χ4n) is 4.24. The van der Waals surface area contributed by atoms with Crippen molar-refractivity contribution in [3.8, 4) is 11.3 Å². The van der Waals surface area contributed by atoms with Gasteiger partial charge in [-0.3, -0.25) is 14.3 Å². The van der Waals surface area contributed by atoms with Crippen molar-refractivity contribution in [2.24, 2.45) is 4.99 Å². The zero-order valence-corrected chi connectivity index (χ0v) is 18.6. The highest BCUT2D eigenvalue weighted by Crippen LogP contribution is 2.24. The van der Waals surface area contributed by atoms with Crippen molar-refractivity contribution in [3.05, 3.63) is 94.5 Å². The fraction of sp³-hybridized carbons (Fsp3) is 0.269. The first-order valence-corrected chi connectivity index (χ1v) is 11.5. The number of aromatic nitrogens is 2. The van der Waals surface area contributed by atoms with E-state index in [4.69, 9.17) is 4.98 Å². The molecule has 2 aliphatic rings. The van der Waals surface area contributed by atoms with Crippen LogP contribution in [0.4, 0.5) is 5.95 Å². The van der Waals surface area contributed by atoms with E-state index in [9.17, 15) is 4.79 Å². The van der Waals surface area contributed by atoms with Gasteiger partial charge in [0.05, 0.1) is 12.2 Å². The Morgan fingerprint density at radius 2 is 1.79 bits per heavy atom. The molecule has 0 radical (unpaired) electrons. The van der Waals surface area contributed by atoms with Gasteiger partial charge in [-0.05, 0) is 30.9 Å². The Kier molecular flexibility index (Phi) is 6.19. The number of rotatable bonds is 6. The summed E-state index contributed by atoms with van der Waals surface area (Å²) in [6, 6.07) is 22.0. The molecule has 0 saturated carbocycles. The lowest BCUT2D eigenvalue weighted by Crippen LogP contribution is -2.47. The van der Waals surface area contributed by atoms with E-state index >= 15 is 0 Å². The lowest BCUT2D eigenvalue weighted by Gasteiger charge is -2.34. The molecule has 3 aromatic rings. The standard InChI is InChI=1S/C26H28N6O/c33-24-19-22(21-12-5-2-6-13-21)29-26-31(17-8-18-32(24)26)23-14-16-28-25(30-23)27-15-7-11-20-9-3-1-4-10-20/h1-6,9-10,12-14,19H,7-8,11,15-18H2,(H2,27,28,30). The zero-order chi connectivity index (χ0) is 22.5. The van der Waals surface area contributed by atoms with Gasteiger partial charge in [-0.2, -0.15) is 0 Å². The summed E-state index contributed by atoms with van der Waals surface area (Å²) in [5, 5.41) is 6.83. The summed E-state index contributed by atoms with van der Waals surface area (Å²) in [6.07, 6.45) is 4.98. The summed E-state index contributed by atoms with van der Waals surface area (Å²) in [5.41, 5.74) is 2.96. The molecule has 0 saturated heterocycles. The van der Waals surface area contributed by atoms with E-state index in [1.54, 1.807) is 10.6 Å². The number of hydrogen-bond acceptors (Lipinski definition) is 6. The van der Waals surface area contributed by atoms with Crippen molar-refractivity contribution in [2.45, 2.75) is 25.8 Å². The third-order valence-electron chi connectivity index (χ3n) is 5.91. The van der Waals surface area contributed by atoms with Gasteiger partial charge in [-0.15, -0.1) is 0 Å². The van der Waals surface area contributed by atoms with Crippen molar-refractivity contribution >= 4 is 11.9 Å². The zero-order valence-electron chi connectivity index (χ0n) is 18.6. The second-order valence-corrected chi connectivity index (χ2v) is 8.22. The average Bonchev–Trinajstić information content (AvgIpc) is 2.88. The van der Waals surface area contributed by atoms with Crippen LogP contribution in [0.15, 0.2) is 88.4 Å². The highest BCUT2D eigenvalue weighted by molar-refractivity contribution is 5.83. The lowest BCUT2D eigenvalue weighted by molar-refractivity contribution is 0.547. The molecule has 7 heteroatoms. The SMILES string of the molecule is O=c1cc(-c2ccccc2)nc2n1CCCN2C1=CCN=C(NCCCc2ccccc2)N1. The largest absolute Gasteiger partial charge is 0.356 e. The first-order chi connectivity index (χ1) is 16.3. The fourth-order valence-corrected chi connectivity index (χ4v) is 4.24. The van der Waals surface area contributed by atoms with Gasteiger partial charge in [0, 0.05) is 31.3 Å². The Bertz CT molecular complexity index is 1220. The summed E-state index contributed by atoms with van der Waals surface area (Å²) in [6.45, 7) is 2.90. The van der Waals surface area contributed by atoms with Crippen LogP contribution in [0.5, 0.6) is 0 Å². The molecule has 2 aliphatic heterocycles. The Morgan fingerprint density at radius 3 is 2.61 bits per heavy atom. The van der Waals surface area contributed by atoms with E-state index in [1.807, 2.05) is 42.5 Å². The van der Waals surface area contributed by atoms with Crippen LogP contribution in [0, 0.1) is 0 Å². The molecule has 0 atom stereocenters. The van der Waals surface area contributed by atoms with Crippen LogP contribution in [-0.4, -0.2) is 35.1 Å². The molecule has 0 fully saturated rings. The number of fused-ring (bicyclic) bond motifs is 1. The predicted molar refractivity (Wildman–Crippen MR) is 132 cm³/mol. The third kappa shape index (κ3) is 4.82. The first-order valence-electron chi connectivity index (χ1n) is 11.5. The smallest absolute Gasteiger partial charge is 0.255 e. The molecule has 0 amide bonds. The van der Waals surface area contributed by atoms with Crippen LogP contribution in [0.25, 0.3) is 11.3 Å². The Balaban J connectivity index is 1.28. The van der Waals surface area contributed by atoms with Crippen LogP contribution in [-0.2, 0) is 13.0 Å². The molecule has 0 aliphatic carbocycles. The number of benzene rings is 2. The predicted octanol–water partition coefficient (Wildman–Crippen LogP) is 3.14. The number of guanidine groups is 1. The van der Waals surface area contributed by atoms with Crippen LogP contribution in [0.3, 0.4) is 0 Å². The van der Waals surface area contributed by atoms with E-state index < -0.39 is 0 Å². The normalized spacial score (nSPS) is 15.2. The molecule has 168 valence electrons. The molecule has 2 N–H and O–H groups in total. The van der Waals surface area contributed by atoms with Gasteiger partial charge in [-0.25, -0.2) is 9.98 Å². The van der Waals surface area contributed by atoms with Gasteiger partial charge >= 0.3 is 0 Å². The third-order valence-corrected chi connectivity index (χ3v) is 5.91. The molecule has 0 unspecified atom stereocenters. The van der Waals surface area contributed by atoms with Crippen molar-refractivity contribution in [1.82, 2.24) is 20.2 Å². The van der Waals surface area contributed by atoms with Gasteiger partial charge in [-0.1, -0.05) is 60.7 Å². The van der Waals surface area contributed by atoms with Crippen LogP contribution >= 0.6 is 0 Å². The van der Waals surface area contributed by atoms with Crippen molar-refractivity contribution in [1.29, 1.82) is 0 Å². The van der Waals surface area contributed by atoms with Crippen LogP contribution < -0.4 is 21.1 Å². The average molecular weight is 441 g/mol. The second kappa shape index (κ2) is 9.73. The second-order valence-electron chi connectivity index (χ2n) is 8.22. The van der Waals surface area contributed by atoms with E-state index in [0.29, 0.717) is 24.7 Å². The van der Waals surface area contributed by atoms with E-state index in [-0.39, 0.29) is 5.56 Å². The maximum Gasteiger partial charge on any atom is 0.255 e. The molecule has 0 bridgehead atoms. The maximum absolute atomic E-state index is 12.9. The molecule has 3 heterocycles. The van der Waals surface area contributed by atoms with Gasteiger partial charge in [0.15, 0.2) is 5.96 Å². The number of hydrogen-bond donors (Lipinski definition) is 2. The number of nitrogens with zero attached hydrogens (tertiary/aromatic N) is 4. The summed E-state index contributed by atoms with van der Waals surface area (Å²) < 4.78 is 1.76. The molecule has 2 aromatic carbocycles. The molecule has 33 heavy (non-hydrogen) atoms. The quantitative estimate of drug-likeness (QED) is 0.576. The molecule has 0 spiro atoms. The van der Waals surface area contributed by atoms with Gasteiger partial charge in [0.2, 0.25) is 5.95 Å². The lowest BCUT2D eigenvalue weighted by atomic mass is 10.1. The van der Waals surface area contributed by atoms with Crippen LogP contribution in [0.2, 0.25) is 0 Å². The summed E-state index contributed by atoms with van der Waals surface area (Å²) in [4.78, 5) is 24.4. The maximum atomic E-state index is 12.9. The molecule has 1 aromatic heterocycles. The topological polar surface area (TPSA) is 74.5 Å². The summed E-state index contributed by atoms with van der Waals surface area (Å²) in [7, 11) is 0. The minimum atomic E-state index is -0.0205. The molecule has 7 nitrogen and oxygen atoms in total. The molecular formula is C26H28N6O. The Morgan fingerprint density at radius 1 is 1.00 bits per heavy atom. The number of aliphatic imine (C=N–C) groups is 1. The van der Waals surface area contributed by atoms with Gasteiger partial charge in [0.25, 0.3) is 5.56 Å². The van der Waals surface area contributed by atoms with Gasteiger partial charge in [0.1, 0.15) is 5.82 Å². The van der Waals surface area contributed by atoms with E-state index in [0.717, 1.165) is 49.7 Å². The monoisotopic (exact) mass is 440 g/mol. The highest BCUT2D eigenvalue weighted by atomic mass is 16.1. The van der Waals surface area contributed by atoms with E-state index in [2.05, 4.69) is 44.8 Å². The van der Waals surface area contributed by atoms with Gasteiger partial charge < -0.3 is 10.6 Å². The first kappa shape index (κ1) is 21.0.